The lowest BCUT2D eigenvalue weighted by molar-refractivity contribution is -0.385. The van der Waals surface area contributed by atoms with Gasteiger partial charge in [0.25, 0.3) is 11.6 Å². The number of nitrogens with one attached hydrogen (secondary N) is 1. The van der Waals surface area contributed by atoms with Crippen LogP contribution in [0.5, 0.6) is 0 Å². The third-order valence-electron chi connectivity index (χ3n) is 2.88. The van der Waals surface area contributed by atoms with Gasteiger partial charge >= 0.3 is 0 Å². The molecular weight excluding hydrogens is 360 g/mol. The summed E-state index contributed by atoms with van der Waals surface area (Å²) in [5.41, 5.74) is 1.29. The zero-order valence-corrected chi connectivity index (χ0v) is 13.2. The zero-order valence-electron chi connectivity index (χ0n) is 10.9. The number of nitro groups is 1. The number of benzene rings is 2. The van der Waals surface area contributed by atoms with Gasteiger partial charge in [-0.1, -0.05) is 29.8 Å². The van der Waals surface area contributed by atoms with E-state index in [1.54, 1.807) is 12.1 Å². The third-order valence-corrected chi connectivity index (χ3v) is 4.03. The van der Waals surface area contributed by atoms with Crippen LogP contribution in [0.25, 0.3) is 0 Å². The molecule has 0 saturated heterocycles. The summed E-state index contributed by atoms with van der Waals surface area (Å²) in [7, 11) is 0. The first-order valence-electron chi connectivity index (χ1n) is 5.91. The fraction of sp³-hybridized carbons (Fsp3) is 0.0714. The number of halogens is 2. The SMILES string of the molecule is Cc1cccc(Cl)c1NC(=O)c1cccc([N+](=O)[O-])c1Br. The molecule has 0 radical (unpaired) electrons. The van der Waals surface area contributed by atoms with Gasteiger partial charge in [0.1, 0.15) is 4.47 Å². The van der Waals surface area contributed by atoms with Gasteiger partial charge in [-0.15, -0.1) is 0 Å². The Morgan fingerprint density at radius 3 is 2.57 bits per heavy atom. The monoisotopic (exact) mass is 368 g/mol. The van der Waals surface area contributed by atoms with Crippen LogP contribution >= 0.6 is 27.5 Å². The molecule has 2 aromatic rings. The van der Waals surface area contributed by atoms with E-state index in [1.807, 2.05) is 13.0 Å². The lowest BCUT2D eigenvalue weighted by Crippen LogP contribution is -2.14. The van der Waals surface area contributed by atoms with Gasteiger partial charge in [0.2, 0.25) is 0 Å². The van der Waals surface area contributed by atoms with E-state index in [2.05, 4.69) is 21.2 Å². The highest BCUT2D eigenvalue weighted by Gasteiger charge is 2.20. The van der Waals surface area contributed by atoms with Crippen LogP contribution in [-0.2, 0) is 0 Å². The summed E-state index contributed by atoms with van der Waals surface area (Å²) in [6.45, 7) is 1.81. The Morgan fingerprint density at radius 1 is 1.29 bits per heavy atom. The smallest absolute Gasteiger partial charge is 0.284 e. The van der Waals surface area contributed by atoms with Gasteiger partial charge in [-0.2, -0.15) is 0 Å². The van der Waals surface area contributed by atoms with E-state index in [-0.39, 0.29) is 15.7 Å². The minimum Gasteiger partial charge on any atom is -0.320 e. The molecular formula is C14H10BrClN2O3. The molecule has 7 heteroatoms. The Kier molecular flexibility index (Phi) is 4.59. The van der Waals surface area contributed by atoms with Crippen molar-refractivity contribution in [2.24, 2.45) is 0 Å². The van der Waals surface area contributed by atoms with Crippen LogP contribution in [0.1, 0.15) is 15.9 Å². The number of para-hydroxylation sites is 1. The molecule has 2 aromatic carbocycles. The van der Waals surface area contributed by atoms with Crippen molar-refractivity contribution < 1.29 is 9.72 Å². The highest BCUT2D eigenvalue weighted by Crippen LogP contribution is 2.30. The molecule has 21 heavy (non-hydrogen) atoms. The Balaban J connectivity index is 2.38. The molecule has 1 N–H and O–H groups in total. The maximum absolute atomic E-state index is 12.3. The number of amides is 1. The van der Waals surface area contributed by atoms with Gasteiger partial charge in [0, 0.05) is 6.07 Å². The molecule has 0 aliphatic carbocycles. The summed E-state index contributed by atoms with van der Waals surface area (Å²) in [5, 5.41) is 14.0. The van der Waals surface area contributed by atoms with Crippen LogP contribution in [0.15, 0.2) is 40.9 Å². The molecule has 0 fully saturated rings. The highest BCUT2D eigenvalue weighted by atomic mass is 79.9. The average molecular weight is 370 g/mol. The van der Waals surface area contributed by atoms with Crippen molar-refractivity contribution in [3.63, 3.8) is 0 Å². The average Bonchev–Trinajstić information content (AvgIpc) is 2.42. The Labute approximate surface area is 134 Å². The van der Waals surface area contributed by atoms with E-state index in [1.165, 1.54) is 18.2 Å². The molecule has 0 spiro atoms. The lowest BCUT2D eigenvalue weighted by Gasteiger charge is -2.11. The molecule has 0 unspecified atom stereocenters. The molecule has 1 amide bonds. The molecule has 5 nitrogen and oxygen atoms in total. The highest BCUT2D eigenvalue weighted by molar-refractivity contribution is 9.10. The van der Waals surface area contributed by atoms with Gasteiger partial charge in [0.15, 0.2) is 0 Å². The number of carbonyl (C=O) groups excluding carboxylic acids is 1. The molecule has 0 saturated carbocycles. The maximum atomic E-state index is 12.3. The van der Waals surface area contributed by atoms with Crippen molar-refractivity contribution >= 4 is 44.8 Å². The van der Waals surface area contributed by atoms with Gasteiger partial charge in [-0.3, -0.25) is 14.9 Å². The largest absolute Gasteiger partial charge is 0.320 e. The number of aryl methyl sites for hydroxylation is 1. The van der Waals surface area contributed by atoms with Crippen LogP contribution in [0.4, 0.5) is 11.4 Å². The van der Waals surface area contributed by atoms with Crippen molar-refractivity contribution in [3.05, 3.63) is 67.1 Å². The van der Waals surface area contributed by atoms with E-state index in [0.29, 0.717) is 10.7 Å². The summed E-state index contributed by atoms with van der Waals surface area (Å²) < 4.78 is 0.136. The molecule has 108 valence electrons. The molecule has 0 bridgehead atoms. The summed E-state index contributed by atoms with van der Waals surface area (Å²) in [5.74, 6) is -0.471. The van der Waals surface area contributed by atoms with E-state index in [0.717, 1.165) is 5.56 Å². The minimum absolute atomic E-state index is 0.136. The van der Waals surface area contributed by atoms with E-state index >= 15 is 0 Å². The number of rotatable bonds is 3. The summed E-state index contributed by atoms with van der Waals surface area (Å²) in [4.78, 5) is 22.6. The summed E-state index contributed by atoms with van der Waals surface area (Å²) in [6.07, 6.45) is 0. The second-order valence-corrected chi connectivity index (χ2v) is 5.48. The number of carbonyl (C=O) groups is 1. The topological polar surface area (TPSA) is 72.2 Å². The number of hydrogen-bond donors (Lipinski definition) is 1. The standard InChI is InChI=1S/C14H10BrClN2O3/c1-8-4-2-6-10(16)13(8)17-14(19)9-5-3-7-11(12(9)15)18(20)21/h2-7H,1H3,(H,17,19). The molecule has 0 aliphatic heterocycles. The zero-order chi connectivity index (χ0) is 15.6. The Morgan fingerprint density at radius 2 is 1.95 bits per heavy atom. The first kappa shape index (κ1) is 15.5. The van der Waals surface area contributed by atoms with Crippen LogP contribution in [-0.4, -0.2) is 10.8 Å². The normalized spacial score (nSPS) is 10.2. The van der Waals surface area contributed by atoms with Crippen LogP contribution in [0.3, 0.4) is 0 Å². The van der Waals surface area contributed by atoms with Gasteiger partial charge < -0.3 is 5.32 Å². The number of anilines is 1. The Bertz CT molecular complexity index is 714. The van der Waals surface area contributed by atoms with Crippen LogP contribution < -0.4 is 5.32 Å². The molecule has 2 rings (SSSR count). The second-order valence-electron chi connectivity index (χ2n) is 4.28. The minimum atomic E-state index is -0.554. The van der Waals surface area contributed by atoms with Crippen molar-refractivity contribution in [2.75, 3.05) is 5.32 Å². The van der Waals surface area contributed by atoms with E-state index in [4.69, 9.17) is 11.6 Å². The molecule has 0 heterocycles. The van der Waals surface area contributed by atoms with Crippen molar-refractivity contribution in [2.45, 2.75) is 6.92 Å². The Hall–Kier alpha value is -1.92. The summed E-state index contributed by atoms with van der Waals surface area (Å²) >= 11 is 9.15. The van der Waals surface area contributed by atoms with Crippen LogP contribution in [0.2, 0.25) is 5.02 Å². The van der Waals surface area contributed by atoms with E-state index in [9.17, 15) is 14.9 Å². The lowest BCUT2D eigenvalue weighted by atomic mass is 10.1. The predicted molar refractivity (Wildman–Crippen MR) is 84.9 cm³/mol. The van der Waals surface area contributed by atoms with Crippen molar-refractivity contribution in [1.29, 1.82) is 0 Å². The first-order chi connectivity index (χ1) is 9.91. The first-order valence-corrected chi connectivity index (χ1v) is 7.08. The van der Waals surface area contributed by atoms with Gasteiger partial charge in [-0.05, 0) is 40.5 Å². The van der Waals surface area contributed by atoms with Gasteiger partial charge in [-0.25, -0.2) is 0 Å². The fourth-order valence-electron chi connectivity index (χ4n) is 1.81. The van der Waals surface area contributed by atoms with E-state index < -0.39 is 10.8 Å². The number of nitro benzene ring substituents is 1. The molecule has 0 aliphatic rings. The number of hydrogen-bond acceptors (Lipinski definition) is 3. The van der Waals surface area contributed by atoms with Gasteiger partial charge in [0.05, 0.1) is 21.2 Å². The second kappa shape index (κ2) is 6.24. The van der Waals surface area contributed by atoms with Crippen molar-refractivity contribution in [3.8, 4) is 0 Å². The quantitative estimate of drug-likeness (QED) is 0.636. The van der Waals surface area contributed by atoms with Crippen LogP contribution in [0, 0.1) is 17.0 Å². The van der Waals surface area contributed by atoms with Crippen molar-refractivity contribution in [1.82, 2.24) is 0 Å². The fourth-order valence-corrected chi connectivity index (χ4v) is 2.67. The summed E-state index contributed by atoms with van der Waals surface area (Å²) in [6, 6.07) is 9.52. The predicted octanol–water partition coefficient (Wildman–Crippen LogP) is 4.57. The third kappa shape index (κ3) is 3.22. The molecule has 0 atom stereocenters. The molecule has 0 aromatic heterocycles. The number of nitrogens with zero attached hydrogens (tertiary/aromatic N) is 1. The maximum Gasteiger partial charge on any atom is 0.284 e.